The molecule has 0 aromatic carbocycles. The molecule has 1 saturated heterocycles. The predicted molar refractivity (Wildman–Crippen MR) is 89.6 cm³/mol. The van der Waals surface area contributed by atoms with Gasteiger partial charge in [-0.3, -0.25) is 9.59 Å². The molecule has 0 amide bonds. The van der Waals surface area contributed by atoms with Gasteiger partial charge in [0.2, 0.25) is 0 Å². The van der Waals surface area contributed by atoms with Gasteiger partial charge in [0.15, 0.2) is 5.78 Å². The maximum atomic E-state index is 12.4. The lowest BCUT2D eigenvalue weighted by molar-refractivity contribution is -0.149. The minimum absolute atomic E-state index is 0.103. The van der Waals surface area contributed by atoms with E-state index >= 15 is 0 Å². The van der Waals surface area contributed by atoms with Crippen LogP contribution in [0.4, 0.5) is 0 Å². The van der Waals surface area contributed by atoms with Crippen molar-refractivity contribution in [2.24, 2.45) is 17.8 Å². The van der Waals surface area contributed by atoms with Crippen molar-refractivity contribution in [1.82, 2.24) is 0 Å². The number of aliphatic hydroxyl groups excluding tert-OH is 2. The minimum Gasteiger partial charge on any atom is -0.461 e. The number of hydrogen-bond donors (Lipinski definition) is 2. The highest BCUT2D eigenvalue weighted by molar-refractivity contribution is 6.09. The first-order valence-corrected chi connectivity index (χ1v) is 8.55. The van der Waals surface area contributed by atoms with Crippen molar-refractivity contribution in [2.45, 2.75) is 32.5 Å². The summed E-state index contributed by atoms with van der Waals surface area (Å²) < 4.78 is 11.1. The van der Waals surface area contributed by atoms with Crippen LogP contribution >= 0.6 is 0 Å². The standard InChI is InChI=1S/C19H22O7/c1-8-4-12(22)16-11(7-21)5-13(25-18(23)9(2)6-20)15-10(3)19(24)26-17(15)14(8)16/h4,10,13-15,17,20-21H,2,5-7H2,1,3H3/t10-,13-,14-,15+,17+/m0/s1. The van der Waals surface area contributed by atoms with E-state index in [9.17, 15) is 19.5 Å². The molecule has 1 fully saturated rings. The number of carbonyl (C=O) groups is 3. The van der Waals surface area contributed by atoms with E-state index in [0.29, 0.717) is 11.1 Å². The van der Waals surface area contributed by atoms with E-state index in [1.807, 2.05) is 0 Å². The van der Waals surface area contributed by atoms with E-state index in [4.69, 9.17) is 14.6 Å². The summed E-state index contributed by atoms with van der Waals surface area (Å²) >= 11 is 0. The number of rotatable bonds is 4. The van der Waals surface area contributed by atoms with Gasteiger partial charge in [0.25, 0.3) is 0 Å². The second-order valence-corrected chi connectivity index (χ2v) is 7.08. The lowest BCUT2D eigenvalue weighted by Gasteiger charge is -2.29. The number of hydrogen-bond acceptors (Lipinski definition) is 7. The van der Waals surface area contributed by atoms with Crippen molar-refractivity contribution in [2.75, 3.05) is 13.2 Å². The molecule has 0 aromatic rings. The van der Waals surface area contributed by atoms with Gasteiger partial charge in [-0.1, -0.05) is 19.1 Å². The van der Waals surface area contributed by atoms with Gasteiger partial charge in [0.1, 0.15) is 12.2 Å². The molecule has 0 aromatic heterocycles. The maximum absolute atomic E-state index is 12.4. The van der Waals surface area contributed by atoms with Crippen molar-refractivity contribution in [3.63, 3.8) is 0 Å². The highest BCUT2D eigenvalue weighted by Gasteiger charge is 2.55. The second-order valence-electron chi connectivity index (χ2n) is 7.08. The number of esters is 2. The molecule has 26 heavy (non-hydrogen) atoms. The van der Waals surface area contributed by atoms with Crippen LogP contribution in [0, 0.1) is 17.8 Å². The summed E-state index contributed by atoms with van der Waals surface area (Å²) in [5.41, 5.74) is 1.58. The average molecular weight is 362 g/mol. The molecule has 7 nitrogen and oxygen atoms in total. The van der Waals surface area contributed by atoms with Gasteiger partial charge in [-0.2, -0.15) is 0 Å². The third-order valence-corrected chi connectivity index (χ3v) is 5.52. The molecule has 1 aliphatic heterocycles. The molecule has 3 aliphatic rings. The second kappa shape index (κ2) is 6.81. The predicted octanol–water partition coefficient (Wildman–Crippen LogP) is 0.462. The topological polar surface area (TPSA) is 110 Å². The lowest BCUT2D eigenvalue weighted by atomic mass is 9.79. The fourth-order valence-electron chi connectivity index (χ4n) is 4.20. The van der Waals surface area contributed by atoms with Crippen LogP contribution in [0.25, 0.3) is 0 Å². The smallest absolute Gasteiger partial charge is 0.336 e. The van der Waals surface area contributed by atoms with Crippen LogP contribution in [0.3, 0.4) is 0 Å². The van der Waals surface area contributed by atoms with Crippen LogP contribution in [-0.4, -0.2) is 53.4 Å². The molecule has 7 heteroatoms. The Morgan fingerprint density at radius 2 is 2.08 bits per heavy atom. The quantitative estimate of drug-likeness (QED) is 0.552. The van der Waals surface area contributed by atoms with Crippen molar-refractivity contribution in [3.05, 3.63) is 34.9 Å². The van der Waals surface area contributed by atoms with Crippen molar-refractivity contribution >= 4 is 17.7 Å². The Morgan fingerprint density at radius 3 is 2.69 bits per heavy atom. The zero-order chi connectivity index (χ0) is 19.2. The Morgan fingerprint density at radius 1 is 1.38 bits per heavy atom. The number of aliphatic hydroxyl groups is 2. The molecule has 2 aliphatic carbocycles. The van der Waals surface area contributed by atoms with Gasteiger partial charge in [0, 0.05) is 23.8 Å². The SMILES string of the molecule is C=C(CO)C(=O)O[C@H]1CC(CO)=C2C(=O)C=C(C)[C@@H]2[C@H]2OC(=O)[C@@H](C)[C@@H]21. The molecule has 1 heterocycles. The highest BCUT2D eigenvalue weighted by atomic mass is 16.6. The van der Waals surface area contributed by atoms with E-state index in [2.05, 4.69) is 6.58 Å². The van der Waals surface area contributed by atoms with Crippen LogP contribution in [-0.2, 0) is 23.9 Å². The van der Waals surface area contributed by atoms with Gasteiger partial charge in [-0.25, -0.2) is 4.79 Å². The highest BCUT2D eigenvalue weighted by Crippen LogP contribution is 2.48. The molecule has 0 spiro atoms. The number of ether oxygens (including phenoxy) is 2. The Hall–Kier alpha value is -2.25. The van der Waals surface area contributed by atoms with Gasteiger partial charge in [-0.15, -0.1) is 0 Å². The first kappa shape index (κ1) is 18.5. The molecule has 5 atom stereocenters. The lowest BCUT2D eigenvalue weighted by Crippen LogP contribution is -2.38. The minimum atomic E-state index is -0.768. The van der Waals surface area contributed by atoms with Crippen LogP contribution < -0.4 is 0 Å². The summed E-state index contributed by atoms with van der Waals surface area (Å²) in [6, 6.07) is 0. The zero-order valence-electron chi connectivity index (χ0n) is 14.7. The average Bonchev–Trinajstić information content (AvgIpc) is 3.00. The monoisotopic (exact) mass is 362 g/mol. The Labute approximate surface area is 151 Å². The van der Waals surface area contributed by atoms with Crippen LogP contribution in [0.1, 0.15) is 20.3 Å². The van der Waals surface area contributed by atoms with E-state index < -0.39 is 48.5 Å². The third-order valence-electron chi connectivity index (χ3n) is 5.52. The normalized spacial score (nSPS) is 33.2. The summed E-state index contributed by atoms with van der Waals surface area (Å²) in [7, 11) is 0. The van der Waals surface area contributed by atoms with Gasteiger partial charge in [0.05, 0.1) is 24.7 Å². The Balaban J connectivity index is 2.04. The Kier molecular flexibility index (Phi) is 4.86. The van der Waals surface area contributed by atoms with E-state index in [-0.39, 0.29) is 24.4 Å². The molecule has 0 saturated carbocycles. The molecule has 0 bridgehead atoms. The molecular weight excluding hydrogens is 340 g/mol. The number of allylic oxidation sites excluding steroid dienone is 1. The van der Waals surface area contributed by atoms with Crippen molar-refractivity contribution in [1.29, 1.82) is 0 Å². The summed E-state index contributed by atoms with van der Waals surface area (Å²) in [5.74, 6) is -2.80. The van der Waals surface area contributed by atoms with Gasteiger partial charge >= 0.3 is 11.9 Å². The fourth-order valence-corrected chi connectivity index (χ4v) is 4.20. The molecule has 3 rings (SSSR count). The summed E-state index contributed by atoms with van der Waals surface area (Å²) in [6.07, 6.45) is 0.225. The summed E-state index contributed by atoms with van der Waals surface area (Å²) in [6.45, 7) is 6.06. The zero-order valence-corrected chi connectivity index (χ0v) is 14.7. The Bertz CT molecular complexity index is 745. The van der Waals surface area contributed by atoms with E-state index in [0.717, 1.165) is 5.57 Å². The van der Waals surface area contributed by atoms with Crippen molar-refractivity contribution in [3.8, 4) is 0 Å². The molecule has 2 N–H and O–H groups in total. The fraction of sp³-hybridized carbons (Fsp3) is 0.526. The number of ketones is 1. The molecule has 0 radical (unpaired) electrons. The van der Waals surface area contributed by atoms with Gasteiger partial charge < -0.3 is 19.7 Å². The van der Waals surface area contributed by atoms with Crippen LogP contribution in [0.2, 0.25) is 0 Å². The van der Waals surface area contributed by atoms with Crippen LogP contribution in [0.15, 0.2) is 34.9 Å². The van der Waals surface area contributed by atoms with E-state index in [1.165, 1.54) is 6.08 Å². The van der Waals surface area contributed by atoms with Crippen molar-refractivity contribution < 1.29 is 34.1 Å². The first-order valence-electron chi connectivity index (χ1n) is 8.55. The first-order chi connectivity index (χ1) is 12.3. The maximum Gasteiger partial charge on any atom is 0.336 e. The molecular formula is C19H22O7. The van der Waals surface area contributed by atoms with Crippen LogP contribution in [0.5, 0.6) is 0 Å². The molecule has 140 valence electrons. The molecule has 0 unspecified atom stereocenters. The number of carbonyl (C=O) groups excluding carboxylic acids is 3. The van der Waals surface area contributed by atoms with E-state index in [1.54, 1.807) is 13.8 Å². The summed E-state index contributed by atoms with van der Waals surface area (Å²) in [5, 5.41) is 18.9. The largest absolute Gasteiger partial charge is 0.461 e. The third kappa shape index (κ3) is 2.81. The summed E-state index contributed by atoms with van der Waals surface area (Å²) in [4.78, 5) is 36.8. The van der Waals surface area contributed by atoms with Gasteiger partial charge in [-0.05, 0) is 18.6 Å². The number of fused-ring (bicyclic) bond motifs is 3.